The van der Waals surface area contributed by atoms with Gasteiger partial charge in [0.2, 0.25) is 0 Å². The largest absolute Gasteiger partial charge is 0.459 e. The molecule has 3 aromatic heterocycles. The van der Waals surface area contributed by atoms with Crippen molar-refractivity contribution in [2.75, 3.05) is 26.2 Å². The van der Waals surface area contributed by atoms with Gasteiger partial charge in [0.25, 0.3) is 17.4 Å². The molecule has 1 fully saturated rings. The Balaban J connectivity index is 1.37. The predicted octanol–water partition coefficient (Wildman–Crippen LogP) is 1.68. The van der Waals surface area contributed by atoms with Gasteiger partial charge < -0.3 is 23.2 Å². The molecule has 0 unspecified atom stereocenters. The van der Waals surface area contributed by atoms with Crippen LogP contribution in [0, 0.1) is 0 Å². The second-order valence-electron chi connectivity index (χ2n) is 6.49. The zero-order chi connectivity index (χ0) is 19.5. The summed E-state index contributed by atoms with van der Waals surface area (Å²) in [6.07, 6.45) is 3.13. The fourth-order valence-corrected chi connectivity index (χ4v) is 3.16. The fraction of sp³-hybridized carbons (Fsp3) is 0.250. The molecule has 144 valence electrons. The van der Waals surface area contributed by atoms with Gasteiger partial charge in [-0.3, -0.25) is 14.4 Å². The third kappa shape index (κ3) is 3.62. The summed E-state index contributed by atoms with van der Waals surface area (Å²) < 4.78 is 12.3. The summed E-state index contributed by atoms with van der Waals surface area (Å²) in [5.41, 5.74) is -0.135. The van der Waals surface area contributed by atoms with Gasteiger partial charge in [0.1, 0.15) is 5.76 Å². The molecule has 8 nitrogen and oxygen atoms in total. The molecule has 0 bridgehead atoms. The fourth-order valence-electron chi connectivity index (χ4n) is 3.16. The van der Waals surface area contributed by atoms with Gasteiger partial charge >= 0.3 is 0 Å². The highest BCUT2D eigenvalue weighted by atomic mass is 16.4. The highest BCUT2D eigenvalue weighted by Crippen LogP contribution is 2.15. The van der Waals surface area contributed by atoms with Gasteiger partial charge in [-0.05, 0) is 30.3 Å². The Labute approximate surface area is 160 Å². The number of piperazine rings is 1. The average molecular weight is 381 g/mol. The lowest BCUT2D eigenvalue weighted by Gasteiger charge is -2.33. The Bertz CT molecular complexity index is 1030. The minimum atomic E-state index is -0.225. The number of carbonyl (C=O) groups is 2. The van der Waals surface area contributed by atoms with Gasteiger partial charge in [0, 0.05) is 38.4 Å². The van der Waals surface area contributed by atoms with E-state index in [1.807, 2.05) is 0 Å². The van der Waals surface area contributed by atoms with E-state index in [0.717, 1.165) is 0 Å². The van der Waals surface area contributed by atoms with E-state index in [1.54, 1.807) is 52.4 Å². The Kier molecular flexibility index (Phi) is 4.84. The zero-order valence-corrected chi connectivity index (χ0v) is 15.1. The molecule has 4 heterocycles. The van der Waals surface area contributed by atoms with Crippen molar-refractivity contribution in [3.63, 3.8) is 0 Å². The molecule has 1 aliphatic rings. The summed E-state index contributed by atoms with van der Waals surface area (Å²) in [5, 5.41) is 0. The third-order valence-corrected chi connectivity index (χ3v) is 4.68. The molecule has 3 aromatic rings. The van der Waals surface area contributed by atoms with E-state index in [-0.39, 0.29) is 29.7 Å². The molecule has 0 saturated carbocycles. The summed E-state index contributed by atoms with van der Waals surface area (Å²) in [6.45, 7) is 1.95. The molecule has 1 saturated heterocycles. The van der Waals surface area contributed by atoms with Crippen molar-refractivity contribution in [2.45, 2.75) is 6.54 Å². The minimum Gasteiger partial charge on any atom is -0.459 e. The van der Waals surface area contributed by atoms with Gasteiger partial charge in [0.15, 0.2) is 11.5 Å². The second kappa shape index (κ2) is 7.59. The highest BCUT2D eigenvalue weighted by molar-refractivity contribution is 5.93. The van der Waals surface area contributed by atoms with Crippen LogP contribution in [0.4, 0.5) is 0 Å². The molecule has 0 spiro atoms. The number of amides is 2. The number of hydrogen-bond acceptors (Lipinski definition) is 5. The molecule has 0 aromatic carbocycles. The predicted molar refractivity (Wildman–Crippen MR) is 99.0 cm³/mol. The first-order valence-electron chi connectivity index (χ1n) is 8.98. The van der Waals surface area contributed by atoms with Crippen LogP contribution < -0.4 is 5.56 Å². The van der Waals surface area contributed by atoms with Crippen LogP contribution in [0.2, 0.25) is 0 Å². The molecule has 28 heavy (non-hydrogen) atoms. The van der Waals surface area contributed by atoms with Crippen molar-refractivity contribution in [1.82, 2.24) is 14.4 Å². The smallest absolute Gasteiger partial charge is 0.289 e. The first kappa shape index (κ1) is 17.8. The monoisotopic (exact) mass is 381 g/mol. The number of pyridine rings is 1. The quantitative estimate of drug-likeness (QED) is 0.686. The van der Waals surface area contributed by atoms with Crippen LogP contribution in [0.1, 0.15) is 26.9 Å². The SMILES string of the molecule is O=C(c1ccco1)N1CCN(C(=O)c2ccc(Cn3ccccc3=O)o2)CC1. The van der Waals surface area contributed by atoms with Crippen LogP contribution in [-0.2, 0) is 6.54 Å². The Morgan fingerprint density at radius 1 is 0.857 bits per heavy atom. The molecule has 1 aliphatic heterocycles. The lowest BCUT2D eigenvalue weighted by atomic mass is 10.2. The van der Waals surface area contributed by atoms with Crippen LogP contribution in [0.3, 0.4) is 0 Å². The van der Waals surface area contributed by atoms with E-state index in [9.17, 15) is 14.4 Å². The number of furan rings is 2. The van der Waals surface area contributed by atoms with Crippen LogP contribution >= 0.6 is 0 Å². The van der Waals surface area contributed by atoms with E-state index in [0.29, 0.717) is 37.7 Å². The topological polar surface area (TPSA) is 88.9 Å². The molecule has 8 heteroatoms. The molecule has 2 amide bonds. The normalized spacial score (nSPS) is 14.3. The van der Waals surface area contributed by atoms with Crippen molar-refractivity contribution in [1.29, 1.82) is 0 Å². The summed E-state index contributed by atoms with van der Waals surface area (Å²) in [7, 11) is 0. The molecule has 0 N–H and O–H groups in total. The first-order chi connectivity index (χ1) is 13.6. The zero-order valence-electron chi connectivity index (χ0n) is 15.1. The van der Waals surface area contributed by atoms with Crippen LogP contribution in [0.25, 0.3) is 0 Å². The van der Waals surface area contributed by atoms with E-state index < -0.39 is 0 Å². The Morgan fingerprint density at radius 2 is 1.57 bits per heavy atom. The number of aromatic nitrogens is 1. The Hall–Kier alpha value is -3.55. The molecule has 0 aliphatic carbocycles. The van der Waals surface area contributed by atoms with E-state index in [1.165, 1.54) is 16.9 Å². The lowest BCUT2D eigenvalue weighted by Crippen LogP contribution is -2.50. The van der Waals surface area contributed by atoms with Crippen molar-refractivity contribution in [2.24, 2.45) is 0 Å². The third-order valence-electron chi connectivity index (χ3n) is 4.68. The average Bonchev–Trinajstić information content (AvgIpc) is 3.41. The number of nitrogens with zero attached hydrogens (tertiary/aromatic N) is 3. The van der Waals surface area contributed by atoms with Gasteiger partial charge in [0.05, 0.1) is 12.8 Å². The Morgan fingerprint density at radius 3 is 2.21 bits per heavy atom. The number of carbonyl (C=O) groups excluding carboxylic acids is 2. The lowest BCUT2D eigenvalue weighted by molar-refractivity contribution is 0.0501. The van der Waals surface area contributed by atoms with Gasteiger partial charge in [-0.1, -0.05) is 6.07 Å². The molecule has 0 atom stereocenters. The number of rotatable bonds is 4. The standard InChI is InChI=1S/C20H19N3O5/c24-18-5-1-2-8-23(18)14-15-6-7-17(28-15)20(26)22-11-9-21(10-12-22)19(25)16-4-3-13-27-16/h1-8,13H,9-12,14H2. The maximum absolute atomic E-state index is 12.7. The van der Waals surface area contributed by atoms with Crippen LogP contribution in [-0.4, -0.2) is 52.4 Å². The van der Waals surface area contributed by atoms with E-state index in [4.69, 9.17) is 8.83 Å². The number of hydrogen-bond donors (Lipinski definition) is 0. The van der Waals surface area contributed by atoms with Gasteiger partial charge in [-0.15, -0.1) is 0 Å². The summed E-state index contributed by atoms with van der Waals surface area (Å²) in [5.74, 6) is 0.655. The first-order valence-corrected chi connectivity index (χ1v) is 8.98. The van der Waals surface area contributed by atoms with Crippen molar-refractivity contribution in [3.05, 3.63) is 82.6 Å². The van der Waals surface area contributed by atoms with E-state index in [2.05, 4.69) is 0 Å². The van der Waals surface area contributed by atoms with Gasteiger partial charge in [-0.25, -0.2) is 0 Å². The summed E-state index contributed by atoms with van der Waals surface area (Å²) >= 11 is 0. The summed E-state index contributed by atoms with van der Waals surface area (Å²) in [6, 6.07) is 11.5. The molecular weight excluding hydrogens is 362 g/mol. The molecule has 4 rings (SSSR count). The minimum absolute atomic E-state index is 0.135. The van der Waals surface area contributed by atoms with Gasteiger partial charge in [-0.2, -0.15) is 0 Å². The molecular formula is C20H19N3O5. The summed E-state index contributed by atoms with van der Waals surface area (Å²) in [4.78, 5) is 40.1. The second-order valence-corrected chi connectivity index (χ2v) is 6.49. The van der Waals surface area contributed by atoms with Crippen molar-refractivity contribution < 1.29 is 18.4 Å². The maximum atomic E-state index is 12.7. The molecule has 0 radical (unpaired) electrons. The van der Waals surface area contributed by atoms with Crippen molar-refractivity contribution in [3.8, 4) is 0 Å². The van der Waals surface area contributed by atoms with Crippen molar-refractivity contribution >= 4 is 11.8 Å². The van der Waals surface area contributed by atoms with Crippen LogP contribution in [0.5, 0.6) is 0 Å². The highest BCUT2D eigenvalue weighted by Gasteiger charge is 2.27. The maximum Gasteiger partial charge on any atom is 0.289 e. The van der Waals surface area contributed by atoms with Crippen LogP contribution in [0.15, 0.2) is 68.6 Å². The van der Waals surface area contributed by atoms with E-state index >= 15 is 0 Å².